The van der Waals surface area contributed by atoms with E-state index in [0.29, 0.717) is 5.82 Å². The average Bonchev–Trinajstić information content (AvgIpc) is 3.32. The molecule has 3 aromatic heterocycles. The zero-order chi connectivity index (χ0) is 18.5. The van der Waals surface area contributed by atoms with Crippen molar-refractivity contribution in [3.05, 3.63) is 61.0 Å². The minimum Gasteiger partial charge on any atom is -0.449 e. The molecular weight excluding hydrogens is 340 g/mol. The third-order valence-electron chi connectivity index (χ3n) is 3.49. The molecule has 10 heteroatoms. The van der Waals surface area contributed by atoms with Gasteiger partial charge in [0.15, 0.2) is 5.89 Å². The number of imidazole rings is 1. The number of pyridine rings is 1. The largest absolute Gasteiger partial charge is 0.449 e. The number of hydrogen-bond donors (Lipinski definition) is 2. The molecule has 1 unspecified atom stereocenters. The maximum absolute atomic E-state index is 12.6. The third kappa shape index (κ3) is 3.64. The SMILES string of the molecule is NC(=O)C(=O)C(Cc1ncco1)NC(=O)c1cncn1-c1ccccn1. The number of carbonyl (C=O) groups excluding carboxylic acids is 3. The summed E-state index contributed by atoms with van der Waals surface area (Å²) in [7, 11) is 0. The molecule has 3 heterocycles. The lowest BCUT2D eigenvalue weighted by Gasteiger charge is -2.15. The highest BCUT2D eigenvalue weighted by molar-refractivity contribution is 6.38. The molecule has 132 valence electrons. The number of primary amides is 1. The Labute approximate surface area is 147 Å². The molecule has 3 rings (SSSR count). The molecule has 0 aliphatic rings. The average molecular weight is 354 g/mol. The van der Waals surface area contributed by atoms with Crippen molar-refractivity contribution in [2.45, 2.75) is 12.5 Å². The second-order valence-corrected chi connectivity index (χ2v) is 5.22. The minimum absolute atomic E-state index is 0.113. The molecule has 0 spiro atoms. The maximum atomic E-state index is 12.6. The molecule has 10 nitrogen and oxygen atoms in total. The Morgan fingerprint density at radius 1 is 1.23 bits per heavy atom. The van der Waals surface area contributed by atoms with Gasteiger partial charge in [-0.25, -0.2) is 15.0 Å². The minimum atomic E-state index is -1.22. The van der Waals surface area contributed by atoms with Gasteiger partial charge in [-0.2, -0.15) is 0 Å². The zero-order valence-electron chi connectivity index (χ0n) is 13.4. The number of nitrogens with zero attached hydrogens (tertiary/aromatic N) is 4. The number of amides is 2. The molecule has 0 aliphatic heterocycles. The first-order chi connectivity index (χ1) is 12.6. The molecule has 0 aliphatic carbocycles. The van der Waals surface area contributed by atoms with Crippen molar-refractivity contribution in [1.82, 2.24) is 24.8 Å². The molecule has 1 atom stereocenters. The van der Waals surface area contributed by atoms with Crippen molar-refractivity contribution in [3.8, 4) is 5.82 Å². The van der Waals surface area contributed by atoms with E-state index in [9.17, 15) is 14.4 Å². The molecule has 26 heavy (non-hydrogen) atoms. The van der Waals surface area contributed by atoms with Crippen molar-refractivity contribution in [3.63, 3.8) is 0 Å². The van der Waals surface area contributed by atoms with Gasteiger partial charge < -0.3 is 15.5 Å². The summed E-state index contributed by atoms with van der Waals surface area (Å²) in [5.74, 6) is -2.09. The second-order valence-electron chi connectivity index (χ2n) is 5.22. The number of oxazole rings is 1. The number of nitrogens with one attached hydrogen (secondary N) is 1. The summed E-state index contributed by atoms with van der Waals surface area (Å²) < 4.78 is 6.52. The topological polar surface area (TPSA) is 146 Å². The summed E-state index contributed by atoms with van der Waals surface area (Å²) in [6.07, 6.45) is 6.90. The number of hydrogen-bond acceptors (Lipinski definition) is 7. The van der Waals surface area contributed by atoms with Crippen LogP contribution in [0.15, 0.2) is 53.8 Å². The van der Waals surface area contributed by atoms with Gasteiger partial charge in [-0.05, 0) is 12.1 Å². The van der Waals surface area contributed by atoms with E-state index in [1.165, 1.54) is 29.6 Å². The Morgan fingerprint density at radius 2 is 2.08 bits per heavy atom. The first-order valence-electron chi connectivity index (χ1n) is 7.53. The van der Waals surface area contributed by atoms with E-state index in [0.717, 1.165) is 0 Å². The third-order valence-corrected chi connectivity index (χ3v) is 3.49. The summed E-state index contributed by atoms with van der Waals surface area (Å²) in [5, 5.41) is 2.47. The molecule has 0 fully saturated rings. The summed E-state index contributed by atoms with van der Waals surface area (Å²) >= 11 is 0. The van der Waals surface area contributed by atoms with Crippen molar-refractivity contribution in [2.24, 2.45) is 5.73 Å². The molecule has 0 radical (unpaired) electrons. The van der Waals surface area contributed by atoms with Gasteiger partial charge in [-0.1, -0.05) is 6.07 Å². The van der Waals surface area contributed by atoms with Crippen LogP contribution in [0.5, 0.6) is 0 Å². The van der Waals surface area contributed by atoms with Crippen molar-refractivity contribution in [2.75, 3.05) is 0 Å². The molecule has 3 N–H and O–H groups in total. The molecular formula is C16H14N6O4. The lowest BCUT2D eigenvalue weighted by molar-refractivity contribution is -0.137. The summed E-state index contributed by atoms with van der Waals surface area (Å²) in [6.45, 7) is 0. The van der Waals surface area contributed by atoms with Crippen LogP contribution >= 0.6 is 0 Å². The van der Waals surface area contributed by atoms with Crippen LogP contribution in [0.4, 0.5) is 0 Å². The smallest absolute Gasteiger partial charge is 0.287 e. The maximum Gasteiger partial charge on any atom is 0.287 e. The molecule has 0 saturated carbocycles. The highest BCUT2D eigenvalue weighted by Crippen LogP contribution is 2.09. The van der Waals surface area contributed by atoms with Crippen LogP contribution in [-0.4, -0.2) is 43.2 Å². The van der Waals surface area contributed by atoms with E-state index < -0.39 is 23.6 Å². The van der Waals surface area contributed by atoms with Gasteiger partial charge >= 0.3 is 0 Å². The van der Waals surface area contributed by atoms with Crippen LogP contribution < -0.4 is 11.1 Å². The Bertz CT molecular complexity index is 919. The first-order valence-corrected chi connectivity index (χ1v) is 7.53. The standard InChI is InChI=1S/C16H14N6O4/c17-15(24)14(23)10(7-13-20-5-6-26-13)21-16(25)11-8-18-9-22(11)12-3-1-2-4-19-12/h1-6,8-10H,7H2,(H2,17,24)(H,21,25). The fourth-order valence-corrected chi connectivity index (χ4v) is 2.28. The van der Waals surface area contributed by atoms with Crippen LogP contribution in [0.25, 0.3) is 5.82 Å². The van der Waals surface area contributed by atoms with E-state index in [1.54, 1.807) is 24.4 Å². The predicted octanol–water partition coefficient (Wildman–Crippen LogP) is -0.349. The Kier molecular flexibility index (Phi) is 4.83. The second kappa shape index (κ2) is 7.38. The van der Waals surface area contributed by atoms with E-state index in [2.05, 4.69) is 20.3 Å². The van der Waals surface area contributed by atoms with Gasteiger partial charge in [0, 0.05) is 6.20 Å². The van der Waals surface area contributed by atoms with E-state index in [4.69, 9.17) is 10.2 Å². The van der Waals surface area contributed by atoms with Crippen molar-refractivity contribution >= 4 is 17.6 Å². The zero-order valence-corrected chi connectivity index (χ0v) is 13.4. The van der Waals surface area contributed by atoms with Crippen molar-refractivity contribution < 1.29 is 18.8 Å². The van der Waals surface area contributed by atoms with Gasteiger partial charge in [0.2, 0.25) is 5.78 Å². The first kappa shape index (κ1) is 17.0. The lowest BCUT2D eigenvalue weighted by Crippen LogP contribution is -2.47. The number of nitrogens with two attached hydrogens (primary N) is 1. The Balaban J connectivity index is 1.83. The van der Waals surface area contributed by atoms with Crippen LogP contribution in [0.3, 0.4) is 0 Å². The summed E-state index contributed by atoms with van der Waals surface area (Å²) in [5.41, 5.74) is 5.20. The van der Waals surface area contributed by atoms with Crippen LogP contribution in [0.2, 0.25) is 0 Å². The van der Waals surface area contributed by atoms with Crippen LogP contribution in [0, 0.1) is 0 Å². The number of ketones is 1. The molecule has 0 aromatic carbocycles. The van der Waals surface area contributed by atoms with E-state index in [1.807, 2.05) is 0 Å². The Hall–Kier alpha value is -3.82. The predicted molar refractivity (Wildman–Crippen MR) is 87.0 cm³/mol. The fraction of sp³-hybridized carbons (Fsp3) is 0.125. The van der Waals surface area contributed by atoms with E-state index in [-0.39, 0.29) is 18.0 Å². The lowest BCUT2D eigenvalue weighted by atomic mass is 10.1. The number of rotatable bonds is 7. The van der Waals surface area contributed by atoms with Crippen molar-refractivity contribution in [1.29, 1.82) is 0 Å². The number of Topliss-reactive ketones (excluding diaryl/α,β-unsaturated/α-hetero) is 1. The molecule has 2 amide bonds. The highest BCUT2D eigenvalue weighted by atomic mass is 16.3. The summed E-state index contributed by atoms with van der Waals surface area (Å²) in [6, 6.07) is 3.97. The van der Waals surface area contributed by atoms with Gasteiger partial charge in [0.1, 0.15) is 30.1 Å². The quantitative estimate of drug-likeness (QED) is 0.551. The molecule has 3 aromatic rings. The normalized spacial score (nSPS) is 11.7. The number of carbonyl (C=O) groups is 3. The molecule has 0 saturated heterocycles. The van der Waals surface area contributed by atoms with Crippen LogP contribution in [-0.2, 0) is 16.0 Å². The summed E-state index contributed by atoms with van der Waals surface area (Å²) in [4.78, 5) is 47.9. The van der Waals surface area contributed by atoms with Gasteiger partial charge in [-0.15, -0.1) is 0 Å². The van der Waals surface area contributed by atoms with Crippen LogP contribution in [0.1, 0.15) is 16.4 Å². The highest BCUT2D eigenvalue weighted by Gasteiger charge is 2.28. The van der Waals surface area contributed by atoms with Gasteiger partial charge in [0.05, 0.1) is 18.8 Å². The monoisotopic (exact) mass is 354 g/mol. The van der Waals surface area contributed by atoms with Gasteiger partial charge in [-0.3, -0.25) is 19.0 Å². The Morgan fingerprint density at radius 3 is 2.73 bits per heavy atom. The van der Waals surface area contributed by atoms with E-state index >= 15 is 0 Å². The fourth-order valence-electron chi connectivity index (χ4n) is 2.28. The molecule has 0 bridgehead atoms. The van der Waals surface area contributed by atoms with Gasteiger partial charge in [0.25, 0.3) is 11.8 Å². The number of aromatic nitrogens is 4.